The van der Waals surface area contributed by atoms with E-state index in [4.69, 9.17) is 8.22 Å². The molecule has 368 valence electrons. The molecule has 17 aromatic rings. The fraction of sp³-hybridized carbons (Fsp3) is 0. The Kier molecular flexibility index (Phi) is 7.20. The maximum atomic E-state index is 12.6. The molecule has 4 nitrogen and oxygen atoms in total. The molecule has 17 rings (SSSR count). The van der Waals surface area contributed by atoms with Gasteiger partial charge in [-0.3, -0.25) is 0 Å². The highest BCUT2D eigenvalue weighted by molar-refractivity contribution is 7.28. The van der Waals surface area contributed by atoms with Gasteiger partial charge < -0.3 is 9.13 Å². The molecule has 0 aliphatic carbocycles. The first-order valence-corrected chi connectivity index (χ1v) is 27.4. The van der Waals surface area contributed by atoms with E-state index >= 15 is 0 Å². The van der Waals surface area contributed by atoms with Crippen LogP contribution in [-0.2, 0) is 0 Å². The Morgan fingerprint density at radius 1 is 0.388 bits per heavy atom. The number of aromatic nitrogens is 2. The zero-order chi connectivity index (χ0) is 64.1. The Hall–Kier alpha value is -10.3. The van der Waals surface area contributed by atoms with Gasteiger partial charge in [0.05, 0.1) is 72.8 Å². The average molecular weight is 1060 g/mol. The van der Waals surface area contributed by atoms with Gasteiger partial charge in [0.15, 0.2) is 0 Å². The number of hydrogen-bond acceptors (Lipinski definition) is 3. The zero-order valence-corrected chi connectivity index (χ0v) is 43.3. The minimum absolute atomic E-state index is 0.0357. The van der Waals surface area contributed by atoms with Crippen molar-refractivity contribution in [1.82, 2.24) is 9.13 Å². The van der Waals surface area contributed by atoms with Gasteiger partial charge in [-0.15, -0.1) is 22.7 Å². The smallest absolute Gasteiger partial charge is 0.220 e. The van der Waals surface area contributed by atoms with E-state index in [0.29, 0.717) is 90.8 Å². The first-order chi connectivity index (χ1) is 45.1. The summed E-state index contributed by atoms with van der Waals surface area (Å²) in [6, 6.07) is 49.2. The van der Waals surface area contributed by atoms with Crippen LogP contribution in [0.2, 0.25) is 0 Å². The number of rotatable bonds is 6. The molecule has 0 unspecified atom stereocenters. The number of nitriles is 1. The van der Waals surface area contributed by atoms with E-state index in [9.17, 15) is 21.4 Å². The van der Waals surface area contributed by atoms with E-state index in [1.807, 2.05) is 156 Å². The van der Waals surface area contributed by atoms with E-state index < -0.39 is 36.3 Å². The summed E-state index contributed by atoms with van der Waals surface area (Å²) in [4.78, 5) is 4.52. The van der Waals surface area contributed by atoms with Crippen LogP contribution in [0.5, 0.6) is 0 Å². The third kappa shape index (κ3) is 6.06. The summed E-state index contributed by atoms with van der Waals surface area (Å²) in [6.45, 7) is 9.59. The second-order valence-corrected chi connectivity index (χ2v) is 21.8. The van der Waals surface area contributed by atoms with Crippen LogP contribution in [0.3, 0.4) is 0 Å². The van der Waals surface area contributed by atoms with Gasteiger partial charge in [-0.25, -0.2) is 4.85 Å². The van der Waals surface area contributed by atoms with E-state index in [1.54, 1.807) is 12.1 Å². The molecule has 0 atom stereocenters. The first-order valence-electron chi connectivity index (χ1n) is 32.3. The second kappa shape index (κ2) is 17.1. The van der Waals surface area contributed by atoms with Crippen molar-refractivity contribution < 1.29 is 17.8 Å². The number of benzene rings is 13. The predicted molar refractivity (Wildman–Crippen MR) is 340 cm³/mol. The molecule has 0 aliphatic rings. The fourth-order valence-corrected chi connectivity index (χ4v) is 15.4. The normalized spacial score (nSPS) is 14.2. The Morgan fingerprint density at radius 3 is 1.45 bits per heavy atom. The van der Waals surface area contributed by atoms with Gasteiger partial charge >= 0.3 is 0 Å². The summed E-state index contributed by atoms with van der Waals surface area (Å²) in [5, 5.41) is 21.2. The molecule has 0 amide bonds. The van der Waals surface area contributed by atoms with Crippen molar-refractivity contribution in [3.8, 4) is 62.0 Å². The summed E-state index contributed by atoms with van der Waals surface area (Å²) in [5.74, 6) is 0. The van der Waals surface area contributed by atoms with Gasteiger partial charge in [0, 0.05) is 63.6 Å². The molecule has 0 fully saturated rings. The Morgan fingerprint density at radius 2 is 0.875 bits per heavy atom. The molecule has 4 heterocycles. The molecule has 0 bridgehead atoms. The van der Waals surface area contributed by atoms with E-state index in [1.165, 1.54) is 22.7 Å². The molecule has 0 radical (unpaired) electrons. The van der Waals surface area contributed by atoms with E-state index in [-0.39, 0.29) is 70.2 Å². The molecule has 0 N–H and O–H groups in total. The maximum absolute atomic E-state index is 12.6. The topological polar surface area (TPSA) is 38.0 Å². The molecule has 4 aromatic heterocycles. The van der Waals surface area contributed by atoms with Crippen LogP contribution in [-0.4, -0.2) is 9.13 Å². The van der Waals surface area contributed by atoms with Crippen LogP contribution in [0.15, 0.2) is 242 Å². The number of hydrogen-bond donors (Lipinski definition) is 0. The van der Waals surface area contributed by atoms with Crippen LogP contribution in [0.25, 0.3) is 166 Å². The minimum atomic E-state index is -0.516. The van der Waals surface area contributed by atoms with Crippen molar-refractivity contribution in [1.29, 1.82) is 5.26 Å². The summed E-state index contributed by atoms with van der Waals surface area (Å²) < 4.78 is 125. The van der Waals surface area contributed by atoms with Crippen molar-refractivity contribution >= 4 is 134 Å². The predicted octanol–water partition coefficient (Wildman–Crippen LogP) is 21.5. The third-order valence-corrected chi connectivity index (χ3v) is 18.4. The molecule has 0 saturated heterocycles. The number of thiophene rings is 2. The van der Waals surface area contributed by atoms with Gasteiger partial charge in [-0.1, -0.05) is 230 Å². The second-order valence-electron chi connectivity index (χ2n) is 19.8. The molecule has 0 spiro atoms. The molecular formula is C74H40N4S2. The lowest BCUT2D eigenvalue weighted by Gasteiger charge is -2.26. The monoisotopic (exact) mass is 1060 g/mol. The molecule has 80 heavy (non-hydrogen) atoms. The van der Waals surface area contributed by atoms with Gasteiger partial charge in [-0.2, -0.15) is 5.26 Å². The molecule has 0 aliphatic heterocycles. The van der Waals surface area contributed by atoms with Crippen molar-refractivity contribution in [2.45, 2.75) is 0 Å². The SMILES string of the molecule is [2H]c1c([2H])c([2H])c(-c2cccc3c2sc2c3ccc3c4ccc5c6cccc(-c7c([2H])c([2H])c([2H])c([2H])c7[2H])c6sc5c4n(-c4c(C#N)c(-c5ccccc5)c([N+]#[C-])c(-n5c6cccc7c8ccccc8c8c([2H])c([2H])c([2H])c5c8c76)c4-c4ccccc4)c32)c([2H])c1[2H]. The van der Waals surface area contributed by atoms with Crippen LogP contribution >= 0.6 is 22.7 Å². The van der Waals surface area contributed by atoms with Gasteiger partial charge in [-0.05, 0) is 67.0 Å². The van der Waals surface area contributed by atoms with Gasteiger partial charge in [0.2, 0.25) is 5.69 Å². The Balaban J connectivity index is 1.15. The van der Waals surface area contributed by atoms with Gasteiger partial charge in [0.1, 0.15) is 6.07 Å². The fourth-order valence-electron chi connectivity index (χ4n) is 12.7. The van der Waals surface area contributed by atoms with Crippen molar-refractivity contribution in [2.75, 3.05) is 0 Å². The summed E-state index contributed by atoms with van der Waals surface area (Å²) in [6.07, 6.45) is 0. The maximum Gasteiger partial charge on any atom is 0.220 e. The highest BCUT2D eigenvalue weighted by Crippen LogP contribution is 2.56. The van der Waals surface area contributed by atoms with Crippen LogP contribution < -0.4 is 0 Å². The quantitative estimate of drug-likeness (QED) is 0.121. The van der Waals surface area contributed by atoms with Crippen molar-refractivity contribution in [2.24, 2.45) is 0 Å². The lowest BCUT2D eigenvalue weighted by Crippen LogP contribution is -2.09. The minimum Gasteiger partial charge on any atom is -0.318 e. The molecule has 0 saturated carbocycles. The van der Waals surface area contributed by atoms with E-state index in [0.717, 1.165) is 53.9 Å². The van der Waals surface area contributed by atoms with Crippen LogP contribution in [0, 0.1) is 17.9 Å². The van der Waals surface area contributed by atoms with Crippen molar-refractivity contribution in [3.05, 3.63) is 259 Å². The third-order valence-electron chi connectivity index (χ3n) is 15.9. The summed E-state index contributed by atoms with van der Waals surface area (Å²) in [7, 11) is 0. The standard InChI is InChI=1S/C74H40N4S2/c1-76-66-62(45-24-10-4-11-25-45)59(42-75)67(63(46-26-12-5-13-27-46)70(66)77-60-36-18-32-51-49-28-14-15-29-50(49)52-33-19-37-61(77)65(52)64(51)60)78-68-53(38-40-57-55-34-16-30-47(71(55)79-73(57)68)43-20-6-2-7-21-43)54-39-41-58-56-35-17-31-48(44-22-8-3-9-23-44)72(56)80-74(58)69(54)78/h2-41H/i2D,3D,6D,7D,8D,9D,18D,20D,21D,22D,23D,32D,36D. The number of nitrogens with zero attached hydrogens (tertiary/aromatic N) is 4. The molecular weight excluding hydrogens is 1010 g/mol. The Bertz CT molecular complexity index is 6110. The summed E-state index contributed by atoms with van der Waals surface area (Å²) in [5.41, 5.74) is 5.69. The molecule has 6 heteroatoms. The van der Waals surface area contributed by atoms with Crippen LogP contribution in [0.4, 0.5) is 5.69 Å². The largest absolute Gasteiger partial charge is 0.318 e. The highest BCUT2D eigenvalue weighted by atomic mass is 32.1. The van der Waals surface area contributed by atoms with Crippen LogP contribution in [0.1, 0.15) is 23.4 Å². The molecule has 13 aromatic carbocycles. The summed E-state index contributed by atoms with van der Waals surface area (Å²) >= 11 is 2.76. The first kappa shape index (κ1) is 33.7. The Labute approximate surface area is 485 Å². The number of fused-ring (bicyclic) bond motifs is 14. The van der Waals surface area contributed by atoms with Crippen molar-refractivity contribution in [3.63, 3.8) is 0 Å². The average Bonchev–Trinajstić information content (AvgIpc) is 1.55. The van der Waals surface area contributed by atoms with Gasteiger partial charge in [0.25, 0.3) is 0 Å². The zero-order valence-electron chi connectivity index (χ0n) is 54.7. The lowest BCUT2D eigenvalue weighted by molar-refractivity contribution is 1.14. The highest BCUT2D eigenvalue weighted by Gasteiger charge is 2.34. The van der Waals surface area contributed by atoms with E-state index in [2.05, 4.69) is 15.5 Å². The lowest BCUT2D eigenvalue weighted by atomic mass is 9.88.